The minimum Gasteiger partial charge on any atom is -0.337 e. The molecule has 1 aromatic carbocycles. The zero-order chi connectivity index (χ0) is 13.1. The molecule has 0 aliphatic carbocycles. The summed E-state index contributed by atoms with van der Waals surface area (Å²) in [6.45, 7) is 1.81. The van der Waals surface area contributed by atoms with Crippen LogP contribution in [0.1, 0.15) is 23.2 Å². The van der Waals surface area contributed by atoms with E-state index in [1.807, 2.05) is 0 Å². The summed E-state index contributed by atoms with van der Waals surface area (Å²) in [6.07, 6.45) is 2.06. The van der Waals surface area contributed by atoms with Gasteiger partial charge in [-0.25, -0.2) is 4.39 Å². The quantitative estimate of drug-likeness (QED) is 0.909. The SMILES string of the molecule is CN(C(=O)c1ccc(Br)c(F)c1)C1CCCNC1. The van der Waals surface area contributed by atoms with Gasteiger partial charge in [0, 0.05) is 25.2 Å². The van der Waals surface area contributed by atoms with Crippen molar-refractivity contribution in [3.05, 3.63) is 34.1 Å². The molecular formula is C13H16BrFN2O. The number of carbonyl (C=O) groups is 1. The molecule has 98 valence electrons. The molecule has 1 unspecified atom stereocenters. The van der Waals surface area contributed by atoms with Gasteiger partial charge in [0.15, 0.2) is 0 Å². The number of carbonyl (C=O) groups excluding carboxylic acids is 1. The standard InChI is InChI=1S/C13H16BrFN2O/c1-17(10-3-2-6-16-8-10)13(18)9-4-5-11(14)12(15)7-9/h4-5,7,10,16H,2-3,6,8H2,1H3. The van der Waals surface area contributed by atoms with Gasteiger partial charge in [0.05, 0.1) is 4.47 Å². The first-order valence-corrected chi connectivity index (χ1v) is 6.82. The van der Waals surface area contributed by atoms with Gasteiger partial charge in [-0.05, 0) is 53.5 Å². The maximum absolute atomic E-state index is 13.4. The first-order valence-electron chi connectivity index (χ1n) is 6.02. The van der Waals surface area contributed by atoms with E-state index in [-0.39, 0.29) is 11.9 Å². The Morgan fingerprint density at radius 2 is 2.33 bits per heavy atom. The van der Waals surface area contributed by atoms with E-state index in [4.69, 9.17) is 0 Å². The van der Waals surface area contributed by atoms with Crippen LogP contribution in [0.3, 0.4) is 0 Å². The van der Waals surface area contributed by atoms with Crippen LogP contribution < -0.4 is 5.32 Å². The van der Waals surface area contributed by atoms with Gasteiger partial charge in [-0.1, -0.05) is 0 Å². The van der Waals surface area contributed by atoms with E-state index in [0.717, 1.165) is 25.9 Å². The topological polar surface area (TPSA) is 32.3 Å². The number of likely N-dealkylation sites (N-methyl/N-ethyl adjacent to an activating group) is 1. The second-order valence-corrected chi connectivity index (χ2v) is 5.40. The highest BCUT2D eigenvalue weighted by Gasteiger charge is 2.23. The smallest absolute Gasteiger partial charge is 0.253 e. The molecule has 3 nitrogen and oxygen atoms in total. The largest absolute Gasteiger partial charge is 0.337 e. The van der Waals surface area contributed by atoms with E-state index in [1.54, 1.807) is 24.1 Å². The van der Waals surface area contributed by atoms with Crippen LogP contribution in [0.25, 0.3) is 0 Å². The van der Waals surface area contributed by atoms with E-state index >= 15 is 0 Å². The maximum atomic E-state index is 13.4. The van der Waals surface area contributed by atoms with Crippen molar-refractivity contribution < 1.29 is 9.18 Å². The number of rotatable bonds is 2. The van der Waals surface area contributed by atoms with E-state index in [2.05, 4.69) is 21.2 Å². The normalized spacial score (nSPS) is 19.6. The van der Waals surface area contributed by atoms with Crippen LogP contribution in [0.4, 0.5) is 4.39 Å². The predicted octanol–water partition coefficient (Wildman–Crippen LogP) is 2.41. The Labute approximate surface area is 114 Å². The Kier molecular flexibility index (Phi) is 4.35. The number of nitrogens with zero attached hydrogens (tertiary/aromatic N) is 1. The Balaban J connectivity index is 2.11. The molecule has 1 aliphatic heterocycles. The molecule has 2 rings (SSSR count). The van der Waals surface area contributed by atoms with Crippen LogP contribution >= 0.6 is 15.9 Å². The third-order valence-electron chi connectivity index (χ3n) is 3.31. The van der Waals surface area contributed by atoms with Gasteiger partial charge in [0.2, 0.25) is 0 Å². The number of piperidine rings is 1. The van der Waals surface area contributed by atoms with Crippen molar-refractivity contribution in [3.63, 3.8) is 0 Å². The lowest BCUT2D eigenvalue weighted by molar-refractivity contribution is 0.0708. The third kappa shape index (κ3) is 2.90. The van der Waals surface area contributed by atoms with E-state index < -0.39 is 5.82 Å². The minimum absolute atomic E-state index is 0.130. The molecule has 1 amide bonds. The first-order chi connectivity index (χ1) is 8.59. The highest BCUT2D eigenvalue weighted by atomic mass is 79.9. The van der Waals surface area contributed by atoms with Gasteiger partial charge in [0.1, 0.15) is 5.82 Å². The number of hydrogen-bond donors (Lipinski definition) is 1. The molecule has 1 aromatic rings. The Morgan fingerprint density at radius 1 is 1.56 bits per heavy atom. The van der Waals surface area contributed by atoms with Crippen molar-refractivity contribution in [2.24, 2.45) is 0 Å². The lowest BCUT2D eigenvalue weighted by atomic mass is 10.1. The van der Waals surface area contributed by atoms with Crippen molar-refractivity contribution in [1.82, 2.24) is 10.2 Å². The Hall–Kier alpha value is -0.940. The van der Waals surface area contributed by atoms with Crippen LogP contribution in [-0.2, 0) is 0 Å². The van der Waals surface area contributed by atoms with Crippen LogP contribution in [0.5, 0.6) is 0 Å². The van der Waals surface area contributed by atoms with Crippen LogP contribution in [0, 0.1) is 5.82 Å². The molecule has 0 aromatic heterocycles. The van der Waals surface area contributed by atoms with Crippen molar-refractivity contribution in [3.8, 4) is 0 Å². The number of hydrogen-bond acceptors (Lipinski definition) is 2. The van der Waals surface area contributed by atoms with Crippen molar-refractivity contribution in [1.29, 1.82) is 0 Å². The summed E-state index contributed by atoms with van der Waals surface area (Å²) in [5.41, 5.74) is 0.392. The molecule has 5 heteroatoms. The fourth-order valence-electron chi connectivity index (χ4n) is 2.16. The third-order valence-corrected chi connectivity index (χ3v) is 3.95. The molecule has 0 saturated carbocycles. The molecule has 1 heterocycles. The van der Waals surface area contributed by atoms with Crippen LogP contribution in [0.2, 0.25) is 0 Å². The van der Waals surface area contributed by atoms with Crippen molar-refractivity contribution in [2.45, 2.75) is 18.9 Å². The summed E-state index contributed by atoms with van der Waals surface area (Å²) in [4.78, 5) is 13.9. The van der Waals surface area contributed by atoms with Crippen molar-refractivity contribution in [2.75, 3.05) is 20.1 Å². The molecular weight excluding hydrogens is 299 g/mol. The minimum atomic E-state index is -0.406. The number of benzene rings is 1. The maximum Gasteiger partial charge on any atom is 0.253 e. The summed E-state index contributed by atoms with van der Waals surface area (Å²) < 4.78 is 13.8. The van der Waals surface area contributed by atoms with Crippen molar-refractivity contribution >= 4 is 21.8 Å². The molecule has 1 fully saturated rings. The zero-order valence-electron chi connectivity index (χ0n) is 10.2. The fourth-order valence-corrected chi connectivity index (χ4v) is 2.41. The lowest BCUT2D eigenvalue weighted by Crippen LogP contribution is -2.46. The summed E-state index contributed by atoms with van der Waals surface area (Å²) in [7, 11) is 1.78. The monoisotopic (exact) mass is 314 g/mol. The highest BCUT2D eigenvalue weighted by Crippen LogP contribution is 2.18. The Bertz CT molecular complexity index is 447. The van der Waals surface area contributed by atoms with Gasteiger partial charge < -0.3 is 10.2 Å². The van der Waals surface area contributed by atoms with E-state index in [9.17, 15) is 9.18 Å². The molecule has 18 heavy (non-hydrogen) atoms. The summed E-state index contributed by atoms with van der Waals surface area (Å²) >= 11 is 3.08. The predicted molar refractivity (Wildman–Crippen MR) is 72.1 cm³/mol. The second kappa shape index (κ2) is 5.80. The molecule has 0 spiro atoms. The van der Waals surface area contributed by atoms with Gasteiger partial charge >= 0.3 is 0 Å². The molecule has 0 bridgehead atoms. The summed E-state index contributed by atoms with van der Waals surface area (Å²) in [5, 5.41) is 3.27. The lowest BCUT2D eigenvalue weighted by Gasteiger charge is -2.31. The molecule has 1 atom stereocenters. The summed E-state index contributed by atoms with van der Waals surface area (Å²) in [6, 6.07) is 4.68. The fraction of sp³-hybridized carbons (Fsp3) is 0.462. The number of nitrogens with one attached hydrogen (secondary N) is 1. The second-order valence-electron chi connectivity index (χ2n) is 4.55. The highest BCUT2D eigenvalue weighted by molar-refractivity contribution is 9.10. The van der Waals surface area contributed by atoms with Crippen LogP contribution in [-0.4, -0.2) is 37.0 Å². The average molecular weight is 315 g/mol. The Morgan fingerprint density at radius 3 is 2.94 bits per heavy atom. The molecule has 1 saturated heterocycles. The average Bonchev–Trinajstić information content (AvgIpc) is 2.41. The molecule has 1 N–H and O–H groups in total. The van der Waals surface area contributed by atoms with E-state index in [0.29, 0.717) is 10.0 Å². The van der Waals surface area contributed by atoms with Gasteiger partial charge in [-0.2, -0.15) is 0 Å². The van der Waals surface area contributed by atoms with E-state index in [1.165, 1.54) is 6.07 Å². The number of amides is 1. The van der Waals surface area contributed by atoms with Gasteiger partial charge in [0.25, 0.3) is 5.91 Å². The first kappa shape index (κ1) is 13.5. The zero-order valence-corrected chi connectivity index (χ0v) is 11.8. The van der Waals surface area contributed by atoms with Gasteiger partial charge in [-0.3, -0.25) is 4.79 Å². The van der Waals surface area contributed by atoms with Gasteiger partial charge in [-0.15, -0.1) is 0 Å². The number of halogens is 2. The van der Waals surface area contributed by atoms with Crippen LogP contribution in [0.15, 0.2) is 22.7 Å². The summed E-state index contributed by atoms with van der Waals surface area (Å²) in [5.74, 6) is -0.536. The molecule has 0 radical (unpaired) electrons. The molecule has 1 aliphatic rings.